The van der Waals surface area contributed by atoms with E-state index in [1.165, 1.54) is 5.69 Å². The van der Waals surface area contributed by atoms with Gasteiger partial charge in [-0.3, -0.25) is 0 Å². The second-order valence-corrected chi connectivity index (χ2v) is 5.43. The van der Waals surface area contributed by atoms with E-state index >= 15 is 0 Å². The van der Waals surface area contributed by atoms with Crippen molar-refractivity contribution in [3.05, 3.63) is 28.2 Å². The molecule has 0 spiro atoms. The van der Waals surface area contributed by atoms with E-state index in [4.69, 9.17) is 9.84 Å². The van der Waals surface area contributed by atoms with Crippen LogP contribution in [0.1, 0.15) is 25.3 Å². The van der Waals surface area contributed by atoms with Gasteiger partial charge in [0.25, 0.3) is 0 Å². The first-order valence-electron chi connectivity index (χ1n) is 6.50. The molecule has 1 aliphatic heterocycles. The summed E-state index contributed by atoms with van der Waals surface area (Å²) in [4.78, 5) is 2.38. The summed E-state index contributed by atoms with van der Waals surface area (Å²) in [6.45, 7) is 5.01. The molecule has 1 N–H and O–H groups in total. The number of hydrogen-bond donors (Lipinski definition) is 1. The zero-order valence-corrected chi connectivity index (χ0v) is 12.3. The number of hydrogen-bond acceptors (Lipinski definition) is 3. The van der Waals surface area contributed by atoms with Crippen molar-refractivity contribution >= 4 is 21.6 Å². The smallest absolute Gasteiger partial charge is 0.0692 e. The number of benzene rings is 1. The lowest BCUT2D eigenvalue weighted by Crippen LogP contribution is -2.37. The zero-order valence-electron chi connectivity index (χ0n) is 10.7. The number of rotatable bonds is 4. The molecule has 0 aromatic heterocycles. The normalized spacial score (nSPS) is 17.2. The molecular weight excluding hydrogens is 294 g/mol. The maximum Gasteiger partial charge on any atom is 0.0692 e. The molecule has 0 radical (unpaired) electrons. The van der Waals surface area contributed by atoms with Crippen LogP contribution < -0.4 is 4.90 Å². The Morgan fingerprint density at radius 1 is 1.39 bits per heavy atom. The minimum Gasteiger partial charge on any atom is -0.392 e. The highest BCUT2D eigenvalue weighted by Crippen LogP contribution is 2.27. The monoisotopic (exact) mass is 313 g/mol. The Balaban J connectivity index is 1.99. The Morgan fingerprint density at radius 2 is 2.11 bits per heavy atom. The fourth-order valence-corrected chi connectivity index (χ4v) is 2.87. The summed E-state index contributed by atoms with van der Waals surface area (Å²) in [6, 6.07) is 6.15. The Hall–Kier alpha value is -0.580. The van der Waals surface area contributed by atoms with Crippen LogP contribution in [-0.2, 0) is 11.3 Å². The summed E-state index contributed by atoms with van der Waals surface area (Å²) >= 11 is 3.50. The number of ether oxygens (including phenoxy) is 1. The van der Waals surface area contributed by atoms with E-state index in [0.29, 0.717) is 6.10 Å². The summed E-state index contributed by atoms with van der Waals surface area (Å²) in [6.07, 6.45) is 2.60. The number of piperidine rings is 1. The van der Waals surface area contributed by atoms with Gasteiger partial charge in [0.2, 0.25) is 0 Å². The van der Waals surface area contributed by atoms with Gasteiger partial charge in [0.15, 0.2) is 0 Å². The highest BCUT2D eigenvalue weighted by molar-refractivity contribution is 9.10. The predicted octanol–water partition coefficient (Wildman–Crippen LogP) is 2.95. The molecule has 1 aromatic rings. The van der Waals surface area contributed by atoms with E-state index in [9.17, 15) is 0 Å². The summed E-state index contributed by atoms with van der Waals surface area (Å²) in [5, 5.41) is 9.15. The average Bonchev–Trinajstić information content (AvgIpc) is 2.40. The van der Waals surface area contributed by atoms with Gasteiger partial charge in [0, 0.05) is 29.9 Å². The molecule has 18 heavy (non-hydrogen) atoms. The van der Waals surface area contributed by atoms with E-state index in [-0.39, 0.29) is 6.61 Å². The molecule has 1 fully saturated rings. The van der Waals surface area contributed by atoms with Crippen LogP contribution in [0, 0.1) is 0 Å². The van der Waals surface area contributed by atoms with Crippen molar-refractivity contribution in [1.29, 1.82) is 0 Å². The predicted molar refractivity (Wildman–Crippen MR) is 76.9 cm³/mol. The Kier molecular flexibility index (Phi) is 5.03. The third-order valence-corrected chi connectivity index (χ3v) is 4.15. The molecule has 1 aromatic carbocycles. The molecule has 1 aliphatic rings. The first-order chi connectivity index (χ1) is 8.74. The van der Waals surface area contributed by atoms with Gasteiger partial charge in [-0.05, 0) is 37.5 Å². The second-order valence-electron chi connectivity index (χ2n) is 4.58. The van der Waals surface area contributed by atoms with E-state index in [1.807, 2.05) is 6.07 Å². The molecular formula is C14H20BrNO2. The average molecular weight is 314 g/mol. The fourth-order valence-electron chi connectivity index (χ4n) is 2.38. The summed E-state index contributed by atoms with van der Waals surface area (Å²) in [5.74, 6) is 0. The van der Waals surface area contributed by atoms with Crippen molar-refractivity contribution in [2.45, 2.75) is 32.5 Å². The summed E-state index contributed by atoms with van der Waals surface area (Å²) in [5.41, 5.74) is 2.15. The lowest BCUT2D eigenvalue weighted by Gasteiger charge is -2.33. The molecule has 0 unspecified atom stereocenters. The number of aliphatic hydroxyl groups excluding tert-OH is 1. The van der Waals surface area contributed by atoms with Crippen molar-refractivity contribution in [2.75, 3.05) is 24.6 Å². The fraction of sp³-hybridized carbons (Fsp3) is 0.571. The van der Waals surface area contributed by atoms with Gasteiger partial charge in [-0.15, -0.1) is 0 Å². The van der Waals surface area contributed by atoms with E-state index in [1.54, 1.807) is 0 Å². The first kappa shape index (κ1) is 13.8. The molecule has 2 rings (SSSR count). The molecule has 1 saturated heterocycles. The van der Waals surface area contributed by atoms with Gasteiger partial charge in [0.05, 0.1) is 12.7 Å². The highest BCUT2D eigenvalue weighted by atomic mass is 79.9. The van der Waals surface area contributed by atoms with Crippen LogP contribution in [-0.4, -0.2) is 30.9 Å². The quantitative estimate of drug-likeness (QED) is 0.927. The van der Waals surface area contributed by atoms with Gasteiger partial charge in [0.1, 0.15) is 0 Å². The van der Waals surface area contributed by atoms with Crippen LogP contribution in [0.2, 0.25) is 0 Å². The minimum atomic E-state index is 0.0767. The van der Waals surface area contributed by atoms with Crippen molar-refractivity contribution in [3.8, 4) is 0 Å². The van der Waals surface area contributed by atoms with E-state index in [2.05, 4.69) is 39.9 Å². The van der Waals surface area contributed by atoms with Crippen molar-refractivity contribution in [3.63, 3.8) is 0 Å². The largest absolute Gasteiger partial charge is 0.392 e. The molecule has 0 amide bonds. The molecule has 3 nitrogen and oxygen atoms in total. The lowest BCUT2D eigenvalue weighted by molar-refractivity contribution is 0.0459. The molecule has 1 heterocycles. The SMILES string of the molecule is CCOC1CCN(c2ccc(CO)c(Br)c2)CC1. The van der Waals surface area contributed by atoms with Gasteiger partial charge < -0.3 is 14.7 Å². The number of anilines is 1. The maximum atomic E-state index is 9.15. The van der Waals surface area contributed by atoms with Crippen molar-refractivity contribution in [2.24, 2.45) is 0 Å². The first-order valence-corrected chi connectivity index (χ1v) is 7.29. The topological polar surface area (TPSA) is 32.7 Å². The van der Waals surface area contributed by atoms with Gasteiger partial charge in [-0.25, -0.2) is 0 Å². The maximum absolute atomic E-state index is 9.15. The molecule has 0 aliphatic carbocycles. The summed E-state index contributed by atoms with van der Waals surface area (Å²) < 4.78 is 6.64. The standard InChI is InChI=1S/C14H20BrNO2/c1-2-18-13-5-7-16(8-6-13)12-4-3-11(10-17)14(15)9-12/h3-4,9,13,17H,2,5-8,10H2,1H3. The van der Waals surface area contributed by atoms with Gasteiger partial charge >= 0.3 is 0 Å². The van der Waals surface area contributed by atoms with E-state index < -0.39 is 0 Å². The lowest BCUT2D eigenvalue weighted by atomic mass is 10.1. The molecule has 0 bridgehead atoms. The van der Waals surface area contributed by atoms with Crippen molar-refractivity contribution < 1.29 is 9.84 Å². The number of halogens is 1. The third kappa shape index (κ3) is 3.25. The number of aliphatic hydroxyl groups is 1. The highest BCUT2D eigenvalue weighted by Gasteiger charge is 2.19. The van der Waals surface area contributed by atoms with Crippen LogP contribution in [0.3, 0.4) is 0 Å². The number of nitrogens with zero attached hydrogens (tertiary/aromatic N) is 1. The molecule has 0 saturated carbocycles. The third-order valence-electron chi connectivity index (χ3n) is 3.42. The van der Waals surface area contributed by atoms with Gasteiger partial charge in [-0.2, -0.15) is 0 Å². The van der Waals surface area contributed by atoms with Crippen LogP contribution in [0.4, 0.5) is 5.69 Å². The van der Waals surface area contributed by atoms with Crippen LogP contribution in [0.5, 0.6) is 0 Å². The van der Waals surface area contributed by atoms with Crippen LogP contribution in [0.15, 0.2) is 22.7 Å². The minimum absolute atomic E-state index is 0.0767. The Bertz CT molecular complexity index is 389. The van der Waals surface area contributed by atoms with Crippen molar-refractivity contribution in [1.82, 2.24) is 0 Å². The Labute approximate surface area is 117 Å². The second kappa shape index (κ2) is 6.55. The Morgan fingerprint density at radius 3 is 2.67 bits per heavy atom. The molecule has 0 atom stereocenters. The zero-order chi connectivity index (χ0) is 13.0. The molecule has 100 valence electrons. The van der Waals surface area contributed by atoms with Gasteiger partial charge in [-0.1, -0.05) is 22.0 Å². The van der Waals surface area contributed by atoms with Crippen LogP contribution in [0.25, 0.3) is 0 Å². The van der Waals surface area contributed by atoms with E-state index in [0.717, 1.165) is 42.6 Å². The molecule has 4 heteroatoms. The summed E-state index contributed by atoms with van der Waals surface area (Å²) in [7, 11) is 0. The van der Waals surface area contributed by atoms with Crippen LogP contribution >= 0.6 is 15.9 Å².